The van der Waals surface area contributed by atoms with Crippen LogP contribution in [0.1, 0.15) is 5.56 Å². The summed E-state index contributed by atoms with van der Waals surface area (Å²) in [5, 5.41) is 10.3. The summed E-state index contributed by atoms with van der Waals surface area (Å²) in [4.78, 5) is 8.76. The Morgan fingerprint density at radius 2 is 2.00 bits per heavy atom. The summed E-state index contributed by atoms with van der Waals surface area (Å²) in [6, 6.07) is 14.6. The van der Waals surface area contributed by atoms with Gasteiger partial charge in [0.05, 0.1) is 10.7 Å². The van der Waals surface area contributed by atoms with Crippen molar-refractivity contribution in [3.63, 3.8) is 0 Å². The highest BCUT2D eigenvalue weighted by molar-refractivity contribution is 9.10. The van der Waals surface area contributed by atoms with Crippen LogP contribution >= 0.6 is 27.5 Å². The lowest BCUT2D eigenvalue weighted by atomic mass is 10.2. The van der Waals surface area contributed by atoms with Crippen molar-refractivity contribution >= 4 is 50.5 Å². The molecule has 0 radical (unpaired) electrons. The van der Waals surface area contributed by atoms with Crippen LogP contribution in [0.4, 0.5) is 10.1 Å². The Morgan fingerprint density at radius 3 is 2.81 bits per heavy atom. The van der Waals surface area contributed by atoms with Crippen LogP contribution in [0.5, 0.6) is 5.75 Å². The number of phenols is 1. The average Bonchev–Trinajstić information content (AvgIpc) is 3.07. The van der Waals surface area contributed by atoms with Gasteiger partial charge in [-0.3, -0.25) is 4.99 Å². The molecule has 0 atom stereocenters. The lowest BCUT2D eigenvalue weighted by Crippen LogP contribution is -1.84. The third-order valence-corrected chi connectivity index (χ3v) is 4.60. The molecule has 0 unspecified atom stereocenters. The Kier molecular flexibility index (Phi) is 4.68. The minimum atomic E-state index is -0.354. The number of benzene rings is 3. The fraction of sp³-hybridized carbons (Fsp3) is 0. The van der Waals surface area contributed by atoms with E-state index in [9.17, 15) is 9.50 Å². The maximum atomic E-state index is 13.4. The van der Waals surface area contributed by atoms with Crippen LogP contribution in [-0.4, -0.2) is 16.3 Å². The normalized spacial score (nSPS) is 11.5. The fourth-order valence-corrected chi connectivity index (χ4v) is 3.40. The van der Waals surface area contributed by atoms with Crippen molar-refractivity contribution in [2.45, 2.75) is 0 Å². The van der Waals surface area contributed by atoms with Gasteiger partial charge in [-0.25, -0.2) is 9.37 Å². The highest BCUT2D eigenvalue weighted by Gasteiger charge is 2.10. The molecule has 4 aromatic rings. The van der Waals surface area contributed by atoms with E-state index in [1.54, 1.807) is 42.5 Å². The topological polar surface area (TPSA) is 58.6 Å². The van der Waals surface area contributed by atoms with E-state index in [0.29, 0.717) is 33.8 Å². The zero-order valence-electron chi connectivity index (χ0n) is 13.7. The molecule has 0 saturated heterocycles. The summed E-state index contributed by atoms with van der Waals surface area (Å²) < 4.78 is 19.8. The molecule has 3 aromatic carbocycles. The summed E-state index contributed by atoms with van der Waals surface area (Å²) in [5.41, 5.74) is 2.83. The van der Waals surface area contributed by atoms with Gasteiger partial charge in [-0.2, -0.15) is 0 Å². The molecule has 0 saturated carbocycles. The van der Waals surface area contributed by atoms with Crippen LogP contribution in [0.3, 0.4) is 0 Å². The third kappa shape index (κ3) is 3.72. The molecular weight excluding hydrogens is 435 g/mol. The van der Waals surface area contributed by atoms with Gasteiger partial charge in [-0.1, -0.05) is 33.6 Å². The SMILES string of the molecule is Oc1c(Cl)cc(Br)cc1C=Nc1ccc2oc(-c3cccc(F)c3)nc2c1. The molecule has 1 N–H and O–H groups in total. The molecule has 7 heteroatoms. The number of hydrogen-bond acceptors (Lipinski definition) is 4. The third-order valence-electron chi connectivity index (χ3n) is 3.85. The van der Waals surface area contributed by atoms with E-state index >= 15 is 0 Å². The van der Waals surface area contributed by atoms with Gasteiger partial charge in [-0.15, -0.1) is 0 Å². The van der Waals surface area contributed by atoms with E-state index in [1.807, 2.05) is 0 Å². The maximum absolute atomic E-state index is 13.4. The first kappa shape index (κ1) is 17.7. The molecule has 0 aliphatic heterocycles. The second-order valence-corrected chi connectivity index (χ2v) is 7.09. The molecule has 1 aromatic heterocycles. The van der Waals surface area contributed by atoms with Gasteiger partial charge in [-0.05, 0) is 48.5 Å². The maximum Gasteiger partial charge on any atom is 0.227 e. The number of aromatic nitrogens is 1. The van der Waals surface area contributed by atoms with E-state index in [2.05, 4.69) is 25.9 Å². The van der Waals surface area contributed by atoms with E-state index in [4.69, 9.17) is 16.0 Å². The molecule has 0 aliphatic rings. The van der Waals surface area contributed by atoms with Crippen molar-refractivity contribution in [3.05, 3.63) is 75.5 Å². The predicted octanol–water partition coefficient (Wildman–Crippen LogP) is 6.51. The molecule has 4 nitrogen and oxygen atoms in total. The van der Waals surface area contributed by atoms with Crippen molar-refractivity contribution in [2.24, 2.45) is 4.99 Å². The van der Waals surface area contributed by atoms with Crippen LogP contribution in [0, 0.1) is 5.82 Å². The largest absolute Gasteiger partial charge is 0.506 e. The highest BCUT2D eigenvalue weighted by Crippen LogP contribution is 2.31. The summed E-state index contributed by atoms with van der Waals surface area (Å²) in [6.45, 7) is 0. The standard InChI is InChI=1S/C20H11BrClFN2O2/c21-13-6-12(19(26)16(22)8-13)10-24-15-4-5-18-17(9-15)25-20(27-18)11-2-1-3-14(23)7-11/h1-10,26H. The molecule has 0 fully saturated rings. The van der Waals surface area contributed by atoms with Crippen molar-refractivity contribution in [3.8, 4) is 17.2 Å². The molecule has 0 aliphatic carbocycles. The van der Waals surface area contributed by atoms with Gasteiger partial charge in [0, 0.05) is 21.8 Å². The zero-order chi connectivity index (χ0) is 19.0. The van der Waals surface area contributed by atoms with Crippen LogP contribution < -0.4 is 0 Å². The number of fused-ring (bicyclic) bond motifs is 1. The van der Waals surface area contributed by atoms with Crippen molar-refractivity contribution < 1.29 is 13.9 Å². The molecule has 134 valence electrons. The molecular formula is C20H11BrClFN2O2. The van der Waals surface area contributed by atoms with Crippen molar-refractivity contribution in [1.82, 2.24) is 4.98 Å². The summed E-state index contributed by atoms with van der Waals surface area (Å²) in [5.74, 6) is -0.0610. The van der Waals surface area contributed by atoms with Crippen molar-refractivity contribution in [1.29, 1.82) is 0 Å². The first-order valence-corrected chi connectivity index (χ1v) is 9.05. The minimum absolute atomic E-state index is 0.0421. The van der Waals surface area contributed by atoms with Gasteiger partial charge in [0.15, 0.2) is 5.58 Å². The van der Waals surface area contributed by atoms with Gasteiger partial charge in [0.25, 0.3) is 0 Å². The second-order valence-electron chi connectivity index (χ2n) is 5.77. The Bertz CT molecular complexity index is 1190. The fourth-order valence-electron chi connectivity index (χ4n) is 2.57. The molecule has 4 rings (SSSR count). The summed E-state index contributed by atoms with van der Waals surface area (Å²) >= 11 is 9.29. The Balaban J connectivity index is 1.68. The number of hydrogen-bond donors (Lipinski definition) is 1. The van der Waals surface area contributed by atoms with E-state index in [0.717, 1.165) is 4.47 Å². The quantitative estimate of drug-likeness (QED) is 0.366. The lowest BCUT2D eigenvalue weighted by molar-refractivity contribution is 0.474. The molecule has 0 bridgehead atoms. The van der Waals surface area contributed by atoms with Gasteiger partial charge >= 0.3 is 0 Å². The molecule has 27 heavy (non-hydrogen) atoms. The Hall–Kier alpha value is -2.70. The molecule has 0 spiro atoms. The Morgan fingerprint density at radius 1 is 1.15 bits per heavy atom. The number of nitrogens with zero attached hydrogens (tertiary/aromatic N) is 2. The summed E-state index contributed by atoms with van der Waals surface area (Å²) in [6.07, 6.45) is 1.51. The number of aliphatic imine (C=N–C) groups is 1. The first-order valence-electron chi connectivity index (χ1n) is 7.88. The number of aromatic hydroxyl groups is 1. The number of oxazole rings is 1. The number of halogens is 3. The smallest absolute Gasteiger partial charge is 0.227 e. The molecule has 0 amide bonds. The van der Waals surface area contributed by atoms with Crippen LogP contribution in [-0.2, 0) is 0 Å². The van der Waals surface area contributed by atoms with Gasteiger partial charge < -0.3 is 9.52 Å². The average molecular weight is 446 g/mol. The lowest BCUT2D eigenvalue weighted by Gasteiger charge is -2.02. The predicted molar refractivity (Wildman–Crippen MR) is 107 cm³/mol. The van der Waals surface area contributed by atoms with Crippen molar-refractivity contribution in [2.75, 3.05) is 0 Å². The Labute approximate surface area is 167 Å². The van der Waals surface area contributed by atoms with E-state index in [-0.39, 0.29) is 16.6 Å². The van der Waals surface area contributed by atoms with Gasteiger partial charge in [0.1, 0.15) is 17.1 Å². The minimum Gasteiger partial charge on any atom is -0.506 e. The van der Waals surface area contributed by atoms with Crippen LogP contribution in [0.2, 0.25) is 5.02 Å². The van der Waals surface area contributed by atoms with Crippen LogP contribution in [0.25, 0.3) is 22.6 Å². The van der Waals surface area contributed by atoms with Crippen LogP contribution in [0.15, 0.2) is 68.5 Å². The second kappa shape index (κ2) is 7.13. The number of rotatable bonds is 3. The highest BCUT2D eigenvalue weighted by atomic mass is 79.9. The van der Waals surface area contributed by atoms with E-state index < -0.39 is 0 Å². The summed E-state index contributed by atoms with van der Waals surface area (Å²) in [7, 11) is 0. The monoisotopic (exact) mass is 444 g/mol. The first-order chi connectivity index (χ1) is 13.0. The van der Waals surface area contributed by atoms with E-state index in [1.165, 1.54) is 18.3 Å². The molecule has 1 heterocycles. The number of phenolic OH excluding ortho intramolecular Hbond substituents is 1. The van der Waals surface area contributed by atoms with Gasteiger partial charge in [0.2, 0.25) is 5.89 Å². The zero-order valence-corrected chi connectivity index (χ0v) is 16.0.